The van der Waals surface area contributed by atoms with Crippen molar-refractivity contribution in [2.75, 3.05) is 10.6 Å². The third-order valence-electron chi connectivity index (χ3n) is 4.55. The molecule has 1 unspecified atom stereocenters. The molecule has 0 spiro atoms. The average Bonchev–Trinajstić information content (AvgIpc) is 2.73. The van der Waals surface area contributed by atoms with E-state index >= 15 is 0 Å². The molecular formula is C21H23N5O2. The molecule has 3 rings (SSSR count). The van der Waals surface area contributed by atoms with Crippen LogP contribution in [0, 0.1) is 10.1 Å². The summed E-state index contributed by atoms with van der Waals surface area (Å²) in [4.78, 5) is 19.6. The summed E-state index contributed by atoms with van der Waals surface area (Å²) in [6.45, 7) is 3.96. The van der Waals surface area contributed by atoms with Gasteiger partial charge in [0.1, 0.15) is 6.33 Å². The first-order chi connectivity index (χ1) is 13.6. The summed E-state index contributed by atoms with van der Waals surface area (Å²) in [6.07, 6.45) is 2.16. The van der Waals surface area contributed by atoms with Crippen LogP contribution in [-0.2, 0) is 0 Å². The highest BCUT2D eigenvalue weighted by Gasteiger charge is 2.26. The lowest BCUT2D eigenvalue weighted by Crippen LogP contribution is -2.19. The Balaban J connectivity index is 2.03. The standard InChI is InChI=1S/C21H23N5O2/c1-3-15(2)24-20-19(26(27)28)21(23-14-22-20)25-18(16-10-6-4-7-11-16)17-12-8-5-9-13-17/h4-15,18H,3H2,1-2H3,(H2,22,23,24,25). The third kappa shape index (κ3) is 4.43. The lowest BCUT2D eigenvalue weighted by molar-refractivity contribution is -0.383. The first-order valence-corrected chi connectivity index (χ1v) is 9.22. The number of nitrogens with one attached hydrogen (secondary N) is 2. The molecule has 0 fully saturated rings. The Morgan fingerprint density at radius 1 is 0.929 bits per heavy atom. The van der Waals surface area contributed by atoms with Crippen LogP contribution in [0.4, 0.5) is 17.3 Å². The van der Waals surface area contributed by atoms with E-state index in [1.165, 1.54) is 6.33 Å². The zero-order chi connectivity index (χ0) is 19.9. The Labute approximate surface area is 164 Å². The van der Waals surface area contributed by atoms with Gasteiger partial charge >= 0.3 is 5.69 Å². The van der Waals surface area contributed by atoms with E-state index in [4.69, 9.17) is 0 Å². The minimum atomic E-state index is -0.444. The van der Waals surface area contributed by atoms with Gasteiger partial charge in [-0.3, -0.25) is 10.1 Å². The summed E-state index contributed by atoms with van der Waals surface area (Å²) < 4.78 is 0. The molecule has 1 atom stereocenters. The zero-order valence-electron chi connectivity index (χ0n) is 15.9. The quantitative estimate of drug-likeness (QED) is 0.433. The second kappa shape index (κ2) is 8.94. The molecule has 144 valence electrons. The Morgan fingerprint density at radius 2 is 1.43 bits per heavy atom. The van der Waals surface area contributed by atoms with Gasteiger partial charge in [-0.15, -0.1) is 0 Å². The van der Waals surface area contributed by atoms with Crippen LogP contribution in [0.5, 0.6) is 0 Å². The van der Waals surface area contributed by atoms with Crippen molar-refractivity contribution in [3.63, 3.8) is 0 Å². The van der Waals surface area contributed by atoms with Crippen molar-refractivity contribution >= 4 is 17.3 Å². The van der Waals surface area contributed by atoms with Gasteiger partial charge in [0.2, 0.25) is 11.6 Å². The highest BCUT2D eigenvalue weighted by Crippen LogP contribution is 2.34. The number of hydrogen-bond acceptors (Lipinski definition) is 6. The third-order valence-corrected chi connectivity index (χ3v) is 4.55. The van der Waals surface area contributed by atoms with E-state index in [1.54, 1.807) is 0 Å². The maximum Gasteiger partial charge on any atom is 0.353 e. The number of benzene rings is 2. The van der Waals surface area contributed by atoms with Crippen molar-refractivity contribution in [1.82, 2.24) is 9.97 Å². The summed E-state index contributed by atoms with van der Waals surface area (Å²) in [7, 11) is 0. The molecule has 0 aliphatic rings. The van der Waals surface area contributed by atoms with E-state index in [2.05, 4.69) is 20.6 Å². The molecule has 0 radical (unpaired) electrons. The van der Waals surface area contributed by atoms with Gasteiger partial charge < -0.3 is 10.6 Å². The summed E-state index contributed by atoms with van der Waals surface area (Å²) in [5.74, 6) is 0.403. The lowest BCUT2D eigenvalue weighted by Gasteiger charge is -2.21. The molecule has 7 nitrogen and oxygen atoms in total. The summed E-state index contributed by atoms with van der Waals surface area (Å²) in [6, 6.07) is 19.3. The van der Waals surface area contributed by atoms with Crippen LogP contribution in [0.3, 0.4) is 0 Å². The molecule has 0 saturated carbocycles. The molecule has 0 amide bonds. The maximum absolute atomic E-state index is 11.8. The Bertz CT molecular complexity index is 879. The molecule has 1 aromatic heterocycles. The van der Waals surface area contributed by atoms with Crippen LogP contribution >= 0.6 is 0 Å². The highest BCUT2D eigenvalue weighted by molar-refractivity contribution is 5.70. The molecule has 0 aliphatic carbocycles. The molecule has 0 aliphatic heterocycles. The fraction of sp³-hybridized carbons (Fsp3) is 0.238. The van der Waals surface area contributed by atoms with Crippen molar-refractivity contribution in [1.29, 1.82) is 0 Å². The SMILES string of the molecule is CCC(C)Nc1ncnc(NC(c2ccccc2)c2ccccc2)c1[N+](=O)[O-]. The van der Waals surface area contributed by atoms with E-state index < -0.39 is 4.92 Å². The predicted molar refractivity (Wildman–Crippen MR) is 110 cm³/mol. The van der Waals surface area contributed by atoms with Crippen LogP contribution in [0.2, 0.25) is 0 Å². The molecule has 0 bridgehead atoms. The average molecular weight is 377 g/mol. The Morgan fingerprint density at radius 3 is 1.89 bits per heavy atom. The Kier molecular flexibility index (Phi) is 6.16. The van der Waals surface area contributed by atoms with Crippen molar-refractivity contribution in [3.8, 4) is 0 Å². The number of aromatic nitrogens is 2. The first-order valence-electron chi connectivity index (χ1n) is 9.22. The van der Waals surface area contributed by atoms with Crippen molar-refractivity contribution in [3.05, 3.63) is 88.2 Å². The smallest absolute Gasteiger partial charge is 0.353 e. The Hall–Kier alpha value is -3.48. The van der Waals surface area contributed by atoms with Gasteiger partial charge in [-0.2, -0.15) is 0 Å². The second-order valence-corrected chi connectivity index (χ2v) is 6.53. The number of nitro groups is 1. The van der Waals surface area contributed by atoms with Gasteiger partial charge in [0.05, 0.1) is 11.0 Å². The zero-order valence-corrected chi connectivity index (χ0v) is 15.9. The largest absolute Gasteiger partial charge is 0.362 e. The van der Waals surface area contributed by atoms with Crippen LogP contribution in [0.25, 0.3) is 0 Å². The molecule has 7 heteroatoms. The number of anilines is 2. The van der Waals surface area contributed by atoms with Gasteiger partial charge in [0.15, 0.2) is 0 Å². The second-order valence-electron chi connectivity index (χ2n) is 6.53. The fourth-order valence-corrected chi connectivity index (χ4v) is 2.89. The molecule has 2 aromatic carbocycles. The molecule has 1 heterocycles. The molecule has 3 aromatic rings. The van der Waals surface area contributed by atoms with Crippen LogP contribution in [0.15, 0.2) is 67.0 Å². The van der Waals surface area contributed by atoms with Crippen LogP contribution in [-0.4, -0.2) is 20.9 Å². The van der Waals surface area contributed by atoms with Gasteiger partial charge in [0.25, 0.3) is 0 Å². The van der Waals surface area contributed by atoms with Crippen molar-refractivity contribution in [2.24, 2.45) is 0 Å². The van der Waals surface area contributed by atoms with Crippen LogP contribution < -0.4 is 10.6 Å². The molecule has 0 saturated heterocycles. The van der Waals surface area contributed by atoms with E-state index in [-0.39, 0.29) is 29.4 Å². The van der Waals surface area contributed by atoms with Gasteiger partial charge in [-0.1, -0.05) is 67.6 Å². The predicted octanol–water partition coefficient (Wildman–Crippen LogP) is 4.80. The molecule has 2 N–H and O–H groups in total. The normalized spacial score (nSPS) is 11.8. The molecule has 28 heavy (non-hydrogen) atoms. The number of rotatable bonds is 8. The first kappa shape index (κ1) is 19.3. The highest BCUT2D eigenvalue weighted by atomic mass is 16.6. The van der Waals surface area contributed by atoms with E-state index in [9.17, 15) is 10.1 Å². The maximum atomic E-state index is 11.8. The lowest BCUT2D eigenvalue weighted by atomic mass is 9.99. The topological polar surface area (TPSA) is 93.0 Å². The summed E-state index contributed by atoms with van der Waals surface area (Å²) in [5, 5.41) is 18.2. The van der Waals surface area contributed by atoms with Crippen molar-refractivity contribution in [2.45, 2.75) is 32.4 Å². The molecular weight excluding hydrogens is 354 g/mol. The van der Waals surface area contributed by atoms with Gasteiger partial charge in [-0.05, 0) is 24.5 Å². The van der Waals surface area contributed by atoms with Gasteiger partial charge in [0, 0.05) is 6.04 Å². The van der Waals surface area contributed by atoms with E-state index in [1.807, 2.05) is 74.5 Å². The van der Waals surface area contributed by atoms with E-state index in [0.717, 1.165) is 17.5 Å². The summed E-state index contributed by atoms with van der Waals surface area (Å²) in [5.41, 5.74) is 1.82. The minimum absolute atomic E-state index is 0.0560. The summed E-state index contributed by atoms with van der Waals surface area (Å²) >= 11 is 0. The monoisotopic (exact) mass is 377 g/mol. The van der Waals surface area contributed by atoms with E-state index in [0.29, 0.717) is 0 Å². The van der Waals surface area contributed by atoms with Gasteiger partial charge in [-0.25, -0.2) is 9.97 Å². The number of hydrogen-bond donors (Lipinski definition) is 2. The van der Waals surface area contributed by atoms with Crippen LogP contribution in [0.1, 0.15) is 37.4 Å². The fourth-order valence-electron chi connectivity index (χ4n) is 2.89. The van der Waals surface area contributed by atoms with Crippen molar-refractivity contribution < 1.29 is 4.92 Å². The number of nitrogens with zero attached hydrogens (tertiary/aromatic N) is 3. The minimum Gasteiger partial charge on any atom is -0.362 e.